The number of aromatic nitrogens is 2. The minimum atomic E-state index is -0.808. The molecule has 6 heteroatoms. The van der Waals surface area contributed by atoms with E-state index in [-0.39, 0.29) is 6.54 Å². The summed E-state index contributed by atoms with van der Waals surface area (Å²) in [5, 5.41) is 13.0. The van der Waals surface area contributed by atoms with Crippen LogP contribution in [0.15, 0.2) is 4.47 Å². The molecule has 0 fully saturated rings. The Morgan fingerprint density at radius 3 is 2.62 bits per heavy atom. The first-order chi connectivity index (χ1) is 7.45. The van der Waals surface area contributed by atoms with Gasteiger partial charge in [0.05, 0.1) is 22.4 Å². The standard InChI is InChI=1S/C10H16BrN3O2/c1-4-14(6-9(15)16)5-8-10(11)7(2)12-13(8)3/h4-6H2,1-3H3,(H,15,16). The summed E-state index contributed by atoms with van der Waals surface area (Å²) in [7, 11) is 1.86. The summed E-state index contributed by atoms with van der Waals surface area (Å²) in [5.74, 6) is -0.808. The van der Waals surface area contributed by atoms with E-state index in [2.05, 4.69) is 21.0 Å². The summed E-state index contributed by atoms with van der Waals surface area (Å²) in [4.78, 5) is 12.5. The molecule has 0 amide bonds. The summed E-state index contributed by atoms with van der Waals surface area (Å²) >= 11 is 3.47. The molecule has 0 aliphatic heterocycles. The average molecular weight is 290 g/mol. The van der Waals surface area contributed by atoms with Gasteiger partial charge >= 0.3 is 5.97 Å². The maximum absolute atomic E-state index is 10.7. The third-order valence-corrected chi connectivity index (χ3v) is 3.47. The Hall–Kier alpha value is -0.880. The van der Waals surface area contributed by atoms with E-state index in [0.717, 1.165) is 15.9 Å². The highest BCUT2D eigenvalue weighted by molar-refractivity contribution is 9.10. The maximum Gasteiger partial charge on any atom is 0.317 e. The van der Waals surface area contributed by atoms with Crippen molar-refractivity contribution >= 4 is 21.9 Å². The van der Waals surface area contributed by atoms with Gasteiger partial charge in [0.1, 0.15) is 0 Å². The molecular formula is C10H16BrN3O2. The van der Waals surface area contributed by atoms with Crippen molar-refractivity contribution in [1.29, 1.82) is 0 Å². The number of carboxylic acids is 1. The number of hydrogen-bond donors (Lipinski definition) is 1. The summed E-state index contributed by atoms with van der Waals surface area (Å²) in [6.07, 6.45) is 0. The molecule has 0 aliphatic rings. The summed E-state index contributed by atoms with van der Waals surface area (Å²) < 4.78 is 2.74. The van der Waals surface area contributed by atoms with Crippen LogP contribution in [0.25, 0.3) is 0 Å². The number of aryl methyl sites for hydroxylation is 2. The maximum atomic E-state index is 10.7. The second kappa shape index (κ2) is 5.45. The average Bonchev–Trinajstić information content (AvgIpc) is 2.43. The van der Waals surface area contributed by atoms with Gasteiger partial charge in [-0.05, 0) is 29.4 Å². The molecule has 16 heavy (non-hydrogen) atoms. The van der Waals surface area contributed by atoms with Crippen LogP contribution in [-0.2, 0) is 18.4 Å². The largest absolute Gasteiger partial charge is 0.480 e. The van der Waals surface area contributed by atoms with Crippen LogP contribution in [0, 0.1) is 6.92 Å². The van der Waals surface area contributed by atoms with E-state index in [1.165, 1.54) is 0 Å². The quantitative estimate of drug-likeness (QED) is 0.890. The minimum Gasteiger partial charge on any atom is -0.480 e. The molecule has 0 unspecified atom stereocenters. The van der Waals surface area contributed by atoms with Gasteiger partial charge in [-0.25, -0.2) is 0 Å². The molecule has 0 atom stereocenters. The molecule has 0 aromatic carbocycles. The highest BCUT2D eigenvalue weighted by Gasteiger charge is 2.15. The van der Waals surface area contributed by atoms with Gasteiger partial charge in [0, 0.05) is 13.6 Å². The van der Waals surface area contributed by atoms with Crippen molar-refractivity contribution < 1.29 is 9.90 Å². The fourth-order valence-corrected chi connectivity index (χ4v) is 2.00. The molecule has 1 aromatic heterocycles. The zero-order valence-electron chi connectivity index (χ0n) is 9.70. The van der Waals surface area contributed by atoms with Crippen LogP contribution >= 0.6 is 15.9 Å². The van der Waals surface area contributed by atoms with Crippen molar-refractivity contribution in [3.05, 3.63) is 15.9 Å². The Morgan fingerprint density at radius 1 is 1.62 bits per heavy atom. The third kappa shape index (κ3) is 3.05. The van der Waals surface area contributed by atoms with Crippen LogP contribution in [0.1, 0.15) is 18.3 Å². The number of likely N-dealkylation sites (N-methyl/N-ethyl adjacent to an activating group) is 1. The Labute approximate surface area is 103 Å². The van der Waals surface area contributed by atoms with E-state index in [9.17, 15) is 4.79 Å². The number of carboxylic acid groups (broad SMARTS) is 1. The van der Waals surface area contributed by atoms with Crippen LogP contribution in [0.5, 0.6) is 0 Å². The fourth-order valence-electron chi connectivity index (χ4n) is 1.53. The molecule has 5 nitrogen and oxygen atoms in total. The van der Waals surface area contributed by atoms with E-state index in [1.807, 2.05) is 25.8 Å². The van der Waals surface area contributed by atoms with Gasteiger partial charge in [-0.3, -0.25) is 14.4 Å². The molecule has 0 bridgehead atoms. The first kappa shape index (κ1) is 13.2. The predicted octanol–water partition coefficient (Wildman–Crippen LogP) is 1.40. The van der Waals surface area contributed by atoms with E-state index in [1.54, 1.807) is 4.68 Å². The summed E-state index contributed by atoms with van der Waals surface area (Å²) in [6, 6.07) is 0. The molecule has 0 saturated heterocycles. The van der Waals surface area contributed by atoms with E-state index < -0.39 is 5.97 Å². The number of hydrogen-bond acceptors (Lipinski definition) is 3. The van der Waals surface area contributed by atoms with Crippen LogP contribution in [0.4, 0.5) is 0 Å². The van der Waals surface area contributed by atoms with Crippen molar-refractivity contribution in [2.24, 2.45) is 7.05 Å². The van der Waals surface area contributed by atoms with Gasteiger partial charge < -0.3 is 5.11 Å². The van der Waals surface area contributed by atoms with E-state index in [4.69, 9.17) is 5.11 Å². The van der Waals surface area contributed by atoms with Crippen molar-refractivity contribution in [1.82, 2.24) is 14.7 Å². The number of rotatable bonds is 5. The van der Waals surface area contributed by atoms with Crippen molar-refractivity contribution in [3.8, 4) is 0 Å². The lowest BCUT2D eigenvalue weighted by Crippen LogP contribution is -2.30. The van der Waals surface area contributed by atoms with Gasteiger partial charge in [0.15, 0.2) is 0 Å². The molecule has 1 heterocycles. The third-order valence-electron chi connectivity index (χ3n) is 2.44. The molecule has 1 N–H and O–H groups in total. The number of carbonyl (C=O) groups is 1. The van der Waals surface area contributed by atoms with Gasteiger partial charge in [-0.2, -0.15) is 5.10 Å². The van der Waals surface area contributed by atoms with Crippen LogP contribution in [0.3, 0.4) is 0 Å². The molecule has 90 valence electrons. The Bertz CT molecular complexity index is 390. The second-order valence-electron chi connectivity index (χ2n) is 3.67. The Kier molecular flexibility index (Phi) is 4.49. The zero-order chi connectivity index (χ0) is 12.3. The van der Waals surface area contributed by atoms with E-state index in [0.29, 0.717) is 13.1 Å². The monoisotopic (exact) mass is 289 g/mol. The van der Waals surface area contributed by atoms with Crippen LogP contribution < -0.4 is 0 Å². The molecule has 1 rings (SSSR count). The molecule has 0 spiro atoms. The van der Waals surface area contributed by atoms with Gasteiger partial charge in [-0.1, -0.05) is 6.92 Å². The van der Waals surface area contributed by atoms with Crippen LogP contribution in [0.2, 0.25) is 0 Å². The fraction of sp³-hybridized carbons (Fsp3) is 0.600. The van der Waals surface area contributed by atoms with E-state index >= 15 is 0 Å². The number of aliphatic carboxylic acids is 1. The van der Waals surface area contributed by atoms with Crippen molar-refractivity contribution in [2.75, 3.05) is 13.1 Å². The molecule has 1 aromatic rings. The lowest BCUT2D eigenvalue weighted by atomic mass is 10.3. The van der Waals surface area contributed by atoms with Gasteiger partial charge in [-0.15, -0.1) is 0 Å². The lowest BCUT2D eigenvalue weighted by Gasteiger charge is -2.18. The molecule has 0 aliphatic carbocycles. The summed E-state index contributed by atoms with van der Waals surface area (Å²) in [6.45, 7) is 5.19. The van der Waals surface area contributed by atoms with Crippen molar-refractivity contribution in [2.45, 2.75) is 20.4 Å². The van der Waals surface area contributed by atoms with Gasteiger partial charge in [0.2, 0.25) is 0 Å². The number of halogens is 1. The summed E-state index contributed by atoms with van der Waals surface area (Å²) in [5.41, 5.74) is 1.92. The predicted molar refractivity (Wildman–Crippen MR) is 64.2 cm³/mol. The smallest absolute Gasteiger partial charge is 0.317 e. The topological polar surface area (TPSA) is 58.4 Å². The highest BCUT2D eigenvalue weighted by atomic mass is 79.9. The lowest BCUT2D eigenvalue weighted by molar-refractivity contribution is -0.138. The SMILES string of the molecule is CCN(CC(=O)O)Cc1c(Br)c(C)nn1C. The normalized spacial score (nSPS) is 11.1. The van der Waals surface area contributed by atoms with Crippen molar-refractivity contribution in [3.63, 3.8) is 0 Å². The molecular weight excluding hydrogens is 274 g/mol. The highest BCUT2D eigenvalue weighted by Crippen LogP contribution is 2.21. The Morgan fingerprint density at radius 2 is 2.25 bits per heavy atom. The van der Waals surface area contributed by atoms with Gasteiger partial charge in [0.25, 0.3) is 0 Å². The zero-order valence-corrected chi connectivity index (χ0v) is 11.3. The minimum absolute atomic E-state index is 0.0488. The first-order valence-electron chi connectivity index (χ1n) is 5.07. The molecule has 0 saturated carbocycles. The molecule has 0 radical (unpaired) electrons. The van der Waals surface area contributed by atoms with Crippen LogP contribution in [-0.4, -0.2) is 38.8 Å². The number of nitrogens with zero attached hydrogens (tertiary/aromatic N) is 3. The Balaban J connectivity index is 2.81. The first-order valence-corrected chi connectivity index (χ1v) is 5.87. The second-order valence-corrected chi connectivity index (χ2v) is 4.46.